The van der Waals surface area contributed by atoms with Crippen molar-refractivity contribution in [3.05, 3.63) is 46.5 Å². The van der Waals surface area contributed by atoms with Gasteiger partial charge in [-0.1, -0.05) is 0 Å². The Bertz CT molecular complexity index is 1070. The lowest BCUT2D eigenvalue weighted by atomic mass is 9.83. The third-order valence-corrected chi connectivity index (χ3v) is 7.10. The predicted molar refractivity (Wildman–Crippen MR) is 113 cm³/mol. The van der Waals surface area contributed by atoms with Crippen LogP contribution < -0.4 is 18.4 Å². The Kier molecular flexibility index (Phi) is 5.55. The van der Waals surface area contributed by atoms with Gasteiger partial charge in [0.05, 0.1) is 27.1 Å². The fraction of sp³-hybridized carbons (Fsp3) is 0.455. The Morgan fingerprint density at radius 2 is 1.50 bits per heavy atom. The van der Waals surface area contributed by atoms with Crippen molar-refractivity contribution in [2.75, 3.05) is 33.6 Å². The highest BCUT2D eigenvalue weighted by molar-refractivity contribution is 7.87. The topological polar surface area (TPSA) is 74.3 Å². The van der Waals surface area contributed by atoms with Crippen molar-refractivity contribution in [3.63, 3.8) is 0 Å². The van der Waals surface area contributed by atoms with E-state index in [-0.39, 0.29) is 17.5 Å². The summed E-state index contributed by atoms with van der Waals surface area (Å²) >= 11 is 0. The first-order valence-electron chi connectivity index (χ1n) is 9.99. The van der Waals surface area contributed by atoms with E-state index >= 15 is 0 Å². The Morgan fingerprint density at radius 3 is 2.13 bits per heavy atom. The fourth-order valence-electron chi connectivity index (χ4n) is 4.34. The van der Waals surface area contributed by atoms with E-state index in [4.69, 9.17) is 18.4 Å². The number of nitrogens with zero attached hydrogens (tertiary/aromatic N) is 1. The normalized spacial score (nSPS) is 18.1. The average Bonchev–Trinajstić information content (AvgIpc) is 2.76. The van der Waals surface area contributed by atoms with E-state index in [1.165, 1.54) is 23.8 Å². The minimum Gasteiger partial charge on any atom is -0.493 e. The van der Waals surface area contributed by atoms with Crippen LogP contribution in [0, 0.1) is 0 Å². The van der Waals surface area contributed by atoms with Crippen LogP contribution in [0.4, 0.5) is 0 Å². The minimum atomic E-state index is -3.65. The zero-order valence-corrected chi connectivity index (χ0v) is 18.5. The molecule has 0 N–H and O–H groups in total. The van der Waals surface area contributed by atoms with Gasteiger partial charge in [-0.25, -0.2) is 0 Å². The van der Waals surface area contributed by atoms with Gasteiger partial charge in [0.25, 0.3) is 0 Å². The quantitative estimate of drug-likeness (QED) is 0.648. The van der Waals surface area contributed by atoms with Gasteiger partial charge in [0, 0.05) is 19.1 Å². The highest BCUT2D eigenvalue weighted by Crippen LogP contribution is 2.44. The van der Waals surface area contributed by atoms with Gasteiger partial charge < -0.3 is 18.4 Å². The van der Waals surface area contributed by atoms with Gasteiger partial charge in [0.1, 0.15) is 0 Å². The van der Waals surface area contributed by atoms with Gasteiger partial charge in [0.2, 0.25) is 0 Å². The summed E-state index contributed by atoms with van der Waals surface area (Å²) in [6.45, 7) is 3.28. The van der Waals surface area contributed by atoms with Crippen molar-refractivity contribution in [3.8, 4) is 23.0 Å². The summed E-state index contributed by atoms with van der Waals surface area (Å²) in [4.78, 5) is 2.42. The van der Waals surface area contributed by atoms with Crippen LogP contribution in [-0.2, 0) is 29.5 Å². The van der Waals surface area contributed by atoms with E-state index in [2.05, 4.69) is 11.0 Å². The second-order valence-electron chi connectivity index (χ2n) is 7.55. The van der Waals surface area contributed by atoms with Crippen LogP contribution in [0.3, 0.4) is 0 Å². The molecule has 0 amide bonds. The molecular formula is C22H27NO6S. The van der Waals surface area contributed by atoms with Gasteiger partial charge in [-0.3, -0.25) is 4.90 Å². The molecule has 1 atom stereocenters. The SMILES string of the molecule is CCS(=O)(=O)Oc1cc2c(cc1OC)CCN1Cc3cc(OC)c(OC)cc3CC21. The van der Waals surface area contributed by atoms with Crippen LogP contribution in [0.25, 0.3) is 0 Å². The maximum absolute atomic E-state index is 12.1. The number of fused-ring (bicyclic) bond motifs is 4. The molecule has 0 saturated carbocycles. The second kappa shape index (κ2) is 8.00. The van der Waals surface area contributed by atoms with E-state index < -0.39 is 10.1 Å². The molecule has 30 heavy (non-hydrogen) atoms. The lowest BCUT2D eigenvalue weighted by Crippen LogP contribution is -2.39. The average molecular weight is 434 g/mol. The molecular weight excluding hydrogens is 406 g/mol. The van der Waals surface area contributed by atoms with Gasteiger partial charge in [0.15, 0.2) is 23.0 Å². The largest absolute Gasteiger partial charge is 0.493 e. The molecule has 2 heterocycles. The Labute approximate surface area is 177 Å². The molecule has 162 valence electrons. The Balaban J connectivity index is 1.75. The van der Waals surface area contributed by atoms with Crippen molar-refractivity contribution in [1.29, 1.82) is 0 Å². The number of hydrogen-bond acceptors (Lipinski definition) is 7. The summed E-state index contributed by atoms with van der Waals surface area (Å²) in [5.41, 5.74) is 4.69. The number of ether oxygens (including phenoxy) is 3. The minimum absolute atomic E-state index is 0.0994. The predicted octanol–water partition coefficient (Wildman–Crippen LogP) is 3.10. The van der Waals surface area contributed by atoms with Crippen molar-refractivity contribution < 1.29 is 26.8 Å². The number of benzene rings is 2. The van der Waals surface area contributed by atoms with E-state index in [0.29, 0.717) is 11.5 Å². The molecule has 0 bridgehead atoms. The van der Waals surface area contributed by atoms with Crippen LogP contribution in [0.5, 0.6) is 23.0 Å². The molecule has 2 aromatic carbocycles. The summed E-state index contributed by atoms with van der Waals surface area (Å²) in [7, 11) is 1.16. The monoisotopic (exact) mass is 433 g/mol. The van der Waals surface area contributed by atoms with Crippen LogP contribution in [0.15, 0.2) is 24.3 Å². The van der Waals surface area contributed by atoms with E-state index in [1.54, 1.807) is 21.1 Å². The summed E-state index contributed by atoms with van der Waals surface area (Å²) in [5.74, 6) is 2.04. The van der Waals surface area contributed by atoms with Crippen LogP contribution in [-0.4, -0.2) is 46.9 Å². The fourth-order valence-corrected chi connectivity index (χ4v) is 4.86. The highest BCUT2D eigenvalue weighted by Gasteiger charge is 2.34. The van der Waals surface area contributed by atoms with E-state index in [1.807, 2.05) is 18.2 Å². The number of methoxy groups -OCH3 is 3. The first kappa shape index (κ1) is 20.8. The molecule has 8 heteroatoms. The second-order valence-corrected chi connectivity index (χ2v) is 9.41. The molecule has 0 aromatic heterocycles. The standard InChI is InChI=1S/C22H27NO6S/c1-5-30(24,25)29-22-12-17-14(9-21(22)28-4)6-7-23-13-16-11-20(27-3)19(26-2)10-15(16)8-18(17)23/h9-12,18H,5-8,13H2,1-4H3. The molecule has 4 rings (SSSR count). The summed E-state index contributed by atoms with van der Waals surface area (Å²) in [5, 5.41) is 0. The molecule has 0 fully saturated rings. The lowest BCUT2D eigenvalue weighted by molar-refractivity contribution is 0.160. The van der Waals surface area contributed by atoms with Gasteiger partial charge in [-0.05, 0) is 66.3 Å². The first-order valence-corrected chi connectivity index (χ1v) is 11.6. The smallest absolute Gasteiger partial charge is 0.309 e. The number of rotatable bonds is 6. The van der Waals surface area contributed by atoms with Gasteiger partial charge in [-0.2, -0.15) is 8.42 Å². The summed E-state index contributed by atoms with van der Waals surface area (Å²) in [6.07, 6.45) is 1.67. The van der Waals surface area contributed by atoms with Crippen molar-refractivity contribution in [1.82, 2.24) is 4.90 Å². The van der Waals surface area contributed by atoms with Crippen LogP contribution >= 0.6 is 0 Å². The molecule has 0 saturated heterocycles. The zero-order valence-electron chi connectivity index (χ0n) is 17.7. The van der Waals surface area contributed by atoms with Gasteiger partial charge >= 0.3 is 10.1 Å². The molecule has 2 aromatic rings. The van der Waals surface area contributed by atoms with Crippen LogP contribution in [0.1, 0.15) is 35.2 Å². The Hall–Kier alpha value is -2.45. The molecule has 0 aliphatic carbocycles. The first-order chi connectivity index (χ1) is 14.4. The van der Waals surface area contributed by atoms with Gasteiger partial charge in [-0.15, -0.1) is 0 Å². The third-order valence-electron chi connectivity index (χ3n) is 5.96. The molecule has 1 unspecified atom stereocenters. The van der Waals surface area contributed by atoms with Crippen molar-refractivity contribution in [2.45, 2.75) is 32.4 Å². The third kappa shape index (κ3) is 3.70. The summed E-state index contributed by atoms with van der Waals surface area (Å²) in [6, 6.07) is 7.98. The van der Waals surface area contributed by atoms with Crippen molar-refractivity contribution in [2.24, 2.45) is 0 Å². The van der Waals surface area contributed by atoms with Crippen molar-refractivity contribution >= 4 is 10.1 Å². The lowest BCUT2D eigenvalue weighted by Gasteiger charge is -2.41. The molecule has 2 aliphatic rings. The zero-order chi connectivity index (χ0) is 21.5. The van der Waals surface area contributed by atoms with E-state index in [0.717, 1.165) is 37.2 Å². The summed E-state index contributed by atoms with van der Waals surface area (Å²) < 4.78 is 45.8. The maximum atomic E-state index is 12.1. The molecule has 0 radical (unpaired) electrons. The highest BCUT2D eigenvalue weighted by atomic mass is 32.2. The molecule has 7 nitrogen and oxygen atoms in total. The maximum Gasteiger partial charge on any atom is 0.309 e. The molecule has 0 spiro atoms. The molecule has 2 aliphatic heterocycles. The van der Waals surface area contributed by atoms with Crippen LogP contribution in [0.2, 0.25) is 0 Å². The Morgan fingerprint density at radius 1 is 0.900 bits per heavy atom. The van der Waals surface area contributed by atoms with E-state index in [9.17, 15) is 8.42 Å². The number of hydrogen-bond donors (Lipinski definition) is 0.